The van der Waals surface area contributed by atoms with Gasteiger partial charge in [0.1, 0.15) is 0 Å². The third-order valence-corrected chi connectivity index (χ3v) is 5.11. The van der Waals surface area contributed by atoms with Gasteiger partial charge in [0.05, 0.1) is 0 Å². The summed E-state index contributed by atoms with van der Waals surface area (Å²) in [7, 11) is 0. The van der Waals surface area contributed by atoms with Gasteiger partial charge in [0.25, 0.3) is 0 Å². The summed E-state index contributed by atoms with van der Waals surface area (Å²) >= 11 is 0. The van der Waals surface area contributed by atoms with Gasteiger partial charge in [-0.25, -0.2) is 4.39 Å². The Bertz CT molecular complexity index is 1440. The molecule has 6 rings (SSSR count). The predicted molar refractivity (Wildman–Crippen MR) is 128 cm³/mol. The van der Waals surface area contributed by atoms with Gasteiger partial charge in [-0.05, 0) is 22.2 Å². The summed E-state index contributed by atoms with van der Waals surface area (Å²) in [6.07, 6.45) is 0. The molecule has 2 heterocycles. The minimum absolute atomic E-state index is 0. The van der Waals surface area contributed by atoms with Crippen LogP contribution in [-0.4, -0.2) is 4.98 Å². The molecule has 2 nitrogen and oxygen atoms in total. The number of para-hydroxylation sites is 2. The van der Waals surface area contributed by atoms with Crippen LogP contribution < -0.4 is 4.98 Å². The van der Waals surface area contributed by atoms with Crippen LogP contribution in [0, 0.1) is 17.9 Å². The standard InChI is InChI=1S/C17H10FN.C12H8N.Ni/c18-15-9-4-8-14(12-15)17-11-5-10-16(19-17)13-6-2-1-3-7-13;1-3-7-11-9(5-1)10-6-2-4-8-12(10)13-11;/h1-6,8-11H;1-8H;/q-2;-1;+3. The molecule has 33 heavy (non-hydrogen) atoms. The molecule has 2 aromatic heterocycles. The number of hydrogen-bond acceptors (Lipinski definition) is 1. The normalized spacial score (nSPS) is 10.3. The van der Waals surface area contributed by atoms with Gasteiger partial charge in [0.2, 0.25) is 0 Å². The zero-order chi connectivity index (χ0) is 21.8. The Hall–Kier alpha value is -3.75. The topological polar surface area (TPSA) is 27.0 Å². The van der Waals surface area contributed by atoms with Crippen molar-refractivity contribution in [1.82, 2.24) is 9.97 Å². The molecule has 0 spiro atoms. The van der Waals surface area contributed by atoms with Gasteiger partial charge in [0.15, 0.2) is 0 Å². The molecule has 0 aliphatic carbocycles. The second-order valence-corrected chi connectivity index (χ2v) is 7.24. The fourth-order valence-electron chi connectivity index (χ4n) is 3.61. The van der Waals surface area contributed by atoms with Crippen molar-refractivity contribution in [3.8, 4) is 22.5 Å². The average Bonchev–Trinajstić information content (AvgIpc) is 3.24. The van der Waals surface area contributed by atoms with Gasteiger partial charge in [0, 0.05) is 5.82 Å². The maximum absolute atomic E-state index is 13.2. The van der Waals surface area contributed by atoms with Crippen molar-refractivity contribution in [3.63, 3.8) is 0 Å². The summed E-state index contributed by atoms with van der Waals surface area (Å²) in [6.45, 7) is 0. The van der Waals surface area contributed by atoms with Crippen molar-refractivity contribution in [2.24, 2.45) is 0 Å². The van der Waals surface area contributed by atoms with Crippen molar-refractivity contribution in [1.29, 1.82) is 0 Å². The van der Waals surface area contributed by atoms with E-state index in [1.54, 1.807) is 12.1 Å². The Labute approximate surface area is 202 Å². The van der Waals surface area contributed by atoms with Gasteiger partial charge in [-0.3, -0.25) is 0 Å². The summed E-state index contributed by atoms with van der Waals surface area (Å²) in [4.78, 5) is 9.04. The number of rotatable bonds is 2. The van der Waals surface area contributed by atoms with Crippen LogP contribution in [0.4, 0.5) is 4.39 Å². The summed E-state index contributed by atoms with van der Waals surface area (Å²) < 4.78 is 13.2. The molecule has 0 saturated heterocycles. The Morgan fingerprint density at radius 1 is 0.606 bits per heavy atom. The molecule has 0 atom stereocenters. The van der Waals surface area contributed by atoms with Crippen LogP contribution >= 0.6 is 0 Å². The maximum Gasteiger partial charge on any atom is 3.00 e. The van der Waals surface area contributed by atoms with Crippen LogP contribution in [0.5, 0.6) is 0 Å². The van der Waals surface area contributed by atoms with Crippen molar-refractivity contribution in [2.75, 3.05) is 0 Å². The summed E-state index contributed by atoms with van der Waals surface area (Å²) in [5.74, 6) is -0.379. The molecular weight excluding hydrogens is 454 g/mol. The third kappa shape index (κ3) is 5.02. The Balaban J connectivity index is 0.000000162. The van der Waals surface area contributed by atoms with Crippen LogP contribution in [0.15, 0.2) is 109 Å². The van der Waals surface area contributed by atoms with Gasteiger partial charge in [-0.2, -0.15) is 0 Å². The first kappa shape index (κ1) is 22.4. The van der Waals surface area contributed by atoms with E-state index in [0.717, 1.165) is 22.3 Å². The minimum atomic E-state index is -0.379. The number of aromatic nitrogens is 2. The summed E-state index contributed by atoms with van der Waals surface area (Å²) in [5.41, 5.74) is 5.26. The van der Waals surface area contributed by atoms with E-state index in [2.05, 4.69) is 58.5 Å². The first-order valence-electron chi connectivity index (χ1n) is 10.3. The SMILES string of the molecule is Fc1[c-]c(-c2cccc(-c3[c-]cccc3)n2)ccc1.[Ni+3].c1ccc2c(c1)[n-]c1ccccc12. The van der Waals surface area contributed by atoms with E-state index in [9.17, 15) is 4.39 Å². The number of nitrogens with zero attached hydrogens (tertiary/aromatic N) is 2. The van der Waals surface area contributed by atoms with E-state index in [1.165, 1.54) is 16.8 Å². The zero-order valence-electron chi connectivity index (χ0n) is 17.5. The third-order valence-electron chi connectivity index (χ3n) is 5.11. The molecule has 0 amide bonds. The fraction of sp³-hybridized carbons (Fsp3) is 0. The van der Waals surface area contributed by atoms with Crippen LogP contribution in [0.2, 0.25) is 0 Å². The first-order chi connectivity index (χ1) is 15.8. The van der Waals surface area contributed by atoms with Crippen LogP contribution in [0.25, 0.3) is 44.3 Å². The number of hydrogen-bond donors (Lipinski definition) is 0. The molecule has 4 aromatic carbocycles. The average molecular weight is 472 g/mol. The van der Waals surface area contributed by atoms with E-state index in [4.69, 9.17) is 0 Å². The summed E-state index contributed by atoms with van der Waals surface area (Å²) in [6, 6.07) is 40.4. The largest absolute Gasteiger partial charge is 3.00 e. The molecule has 0 aliphatic rings. The van der Waals surface area contributed by atoms with Crippen molar-refractivity contribution >= 4 is 21.8 Å². The van der Waals surface area contributed by atoms with E-state index in [1.807, 2.05) is 54.6 Å². The molecule has 6 aromatic rings. The van der Waals surface area contributed by atoms with E-state index in [0.29, 0.717) is 11.3 Å². The fourth-order valence-corrected chi connectivity index (χ4v) is 3.61. The molecule has 0 N–H and O–H groups in total. The number of halogens is 1. The van der Waals surface area contributed by atoms with Crippen LogP contribution in [-0.2, 0) is 16.5 Å². The predicted octanol–water partition coefficient (Wildman–Crippen LogP) is 7.10. The van der Waals surface area contributed by atoms with E-state index in [-0.39, 0.29) is 22.3 Å². The van der Waals surface area contributed by atoms with Crippen molar-refractivity contribution in [3.05, 3.63) is 127 Å². The number of pyridine rings is 1. The van der Waals surface area contributed by atoms with Gasteiger partial charge in [-0.1, -0.05) is 66.7 Å². The molecule has 4 heteroatoms. The Morgan fingerprint density at radius 2 is 1.18 bits per heavy atom. The van der Waals surface area contributed by atoms with Crippen molar-refractivity contribution in [2.45, 2.75) is 0 Å². The molecule has 0 unspecified atom stereocenters. The summed E-state index contributed by atoms with van der Waals surface area (Å²) in [5, 5.41) is 2.50. The zero-order valence-corrected chi connectivity index (χ0v) is 18.5. The number of benzene rings is 4. The van der Waals surface area contributed by atoms with E-state index < -0.39 is 0 Å². The minimum Gasteiger partial charge on any atom is -0.657 e. The van der Waals surface area contributed by atoms with Crippen LogP contribution in [0.1, 0.15) is 0 Å². The molecule has 0 saturated carbocycles. The Kier molecular flexibility index (Phi) is 6.97. The first-order valence-corrected chi connectivity index (χ1v) is 10.3. The van der Waals surface area contributed by atoms with Gasteiger partial charge >= 0.3 is 16.5 Å². The molecule has 1 radical (unpaired) electrons. The molecule has 0 aliphatic heterocycles. The number of fused-ring (bicyclic) bond motifs is 3. The molecule has 0 bridgehead atoms. The van der Waals surface area contributed by atoms with Gasteiger partial charge < -0.3 is 9.97 Å². The monoisotopic (exact) mass is 471 g/mol. The van der Waals surface area contributed by atoms with E-state index >= 15 is 0 Å². The Morgan fingerprint density at radius 3 is 1.82 bits per heavy atom. The van der Waals surface area contributed by atoms with Crippen LogP contribution in [0.3, 0.4) is 0 Å². The second kappa shape index (κ2) is 10.2. The van der Waals surface area contributed by atoms with Gasteiger partial charge in [-0.15, -0.1) is 76.8 Å². The smallest absolute Gasteiger partial charge is 0.657 e. The maximum atomic E-state index is 13.2. The molecular formula is C29H18FN2Ni. The molecule has 0 fully saturated rings. The quantitative estimate of drug-likeness (QED) is 0.199. The molecule has 161 valence electrons. The second-order valence-electron chi connectivity index (χ2n) is 7.24. The van der Waals surface area contributed by atoms with Crippen molar-refractivity contribution < 1.29 is 20.9 Å².